The van der Waals surface area contributed by atoms with E-state index in [4.69, 9.17) is 8.92 Å². The zero-order valence-electron chi connectivity index (χ0n) is 18.2. The lowest BCUT2D eigenvalue weighted by molar-refractivity contribution is -0.146. The van der Waals surface area contributed by atoms with E-state index in [1.807, 2.05) is 24.3 Å². The van der Waals surface area contributed by atoms with E-state index in [-0.39, 0.29) is 27.9 Å². The number of cyclic esters (lactones) is 1. The van der Waals surface area contributed by atoms with Gasteiger partial charge in [-0.05, 0) is 60.1 Å². The molecule has 4 rings (SSSR count). The van der Waals surface area contributed by atoms with Crippen LogP contribution in [0.3, 0.4) is 0 Å². The Morgan fingerprint density at radius 3 is 2.35 bits per heavy atom. The molecule has 5 nitrogen and oxygen atoms in total. The maximum atomic E-state index is 12.7. The van der Waals surface area contributed by atoms with Gasteiger partial charge in [-0.2, -0.15) is 8.42 Å². The molecule has 2 aromatic carbocycles. The average Bonchev–Trinajstić information content (AvgIpc) is 3.17. The van der Waals surface area contributed by atoms with Gasteiger partial charge in [0.2, 0.25) is 0 Å². The first kappa shape index (κ1) is 21.6. The van der Waals surface area contributed by atoms with E-state index >= 15 is 0 Å². The highest BCUT2D eigenvalue weighted by Crippen LogP contribution is 2.52. The number of hydrogen-bond acceptors (Lipinski definition) is 5. The van der Waals surface area contributed by atoms with Crippen LogP contribution in [-0.2, 0) is 31.5 Å². The number of benzene rings is 2. The molecule has 1 heterocycles. The van der Waals surface area contributed by atoms with Gasteiger partial charge in [0.05, 0.1) is 12.0 Å². The fourth-order valence-corrected chi connectivity index (χ4v) is 5.52. The molecule has 0 radical (unpaired) electrons. The second kappa shape index (κ2) is 7.52. The van der Waals surface area contributed by atoms with Crippen LogP contribution in [0.15, 0.2) is 65.6 Å². The molecule has 2 fully saturated rings. The second-order valence-corrected chi connectivity index (χ2v) is 11.3. The van der Waals surface area contributed by atoms with Gasteiger partial charge in [0.1, 0.15) is 10.6 Å². The first-order chi connectivity index (χ1) is 14.5. The van der Waals surface area contributed by atoms with Crippen molar-refractivity contribution in [2.24, 2.45) is 11.3 Å². The van der Waals surface area contributed by atoms with Gasteiger partial charge >= 0.3 is 16.1 Å². The highest BCUT2D eigenvalue weighted by molar-refractivity contribution is 7.87. The first-order valence-electron chi connectivity index (χ1n) is 10.5. The van der Waals surface area contributed by atoms with Crippen LogP contribution in [0, 0.1) is 11.3 Å². The van der Waals surface area contributed by atoms with Crippen molar-refractivity contribution in [2.45, 2.75) is 50.3 Å². The van der Waals surface area contributed by atoms with Crippen LogP contribution < -0.4 is 4.18 Å². The Balaban J connectivity index is 1.48. The molecule has 31 heavy (non-hydrogen) atoms. The van der Waals surface area contributed by atoms with Crippen molar-refractivity contribution < 1.29 is 22.1 Å². The molecule has 1 saturated heterocycles. The van der Waals surface area contributed by atoms with Crippen LogP contribution in [0.2, 0.25) is 0 Å². The van der Waals surface area contributed by atoms with Crippen molar-refractivity contribution >= 4 is 16.1 Å². The van der Waals surface area contributed by atoms with E-state index in [1.54, 1.807) is 24.3 Å². The van der Waals surface area contributed by atoms with Gasteiger partial charge in [-0.3, -0.25) is 4.79 Å². The van der Waals surface area contributed by atoms with Crippen molar-refractivity contribution in [3.8, 4) is 5.75 Å². The Morgan fingerprint density at radius 2 is 1.74 bits per heavy atom. The van der Waals surface area contributed by atoms with Crippen LogP contribution in [0.4, 0.5) is 0 Å². The quantitative estimate of drug-likeness (QED) is 0.379. The van der Waals surface area contributed by atoms with Crippen LogP contribution in [0.5, 0.6) is 5.75 Å². The minimum atomic E-state index is -3.93. The van der Waals surface area contributed by atoms with E-state index in [0.29, 0.717) is 19.4 Å². The van der Waals surface area contributed by atoms with Crippen molar-refractivity contribution in [3.63, 3.8) is 0 Å². The van der Waals surface area contributed by atoms with Gasteiger partial charge in [-0.25, -0.2) is 0 Å². The molecule has 1 saturated carbocycles. The minimum absolute atomic E-state index is 0.0606. The number of hydrogen-bond donors (Lipinski definition) is 0. The second-order valence-electron chi connectivity index (χ2n) is 9.71. The Morgan fingerprint density at radius 1 is 1.10 bits per heavy atom. The van der Waals surface area contributed by atoms with Crippen LogP contribution >= 0.6 is 0 Å². The summed E-state index contributed by atoms with van der Waals surface area (Å²) in [5.74, 6) is 0.250. The Bertz CT molecular complexity index is 1110. The number of carbonyl (C=O) groups excluding carboxylic acids is 1. The van der Waals surface area contributed by atoms with Crippen molar-refractivity contribution in [1.82, 2.24) is 0 Å². The number of rotatable bonds is 5. The summed E-state index contributed by atoms with van der Waals surface area (Å²) in [5.41, 5.74) is 2.48. The van der Waals surface area contributed by atoms with Gasteiger partial charge in [-0.1, -0.05) is 57.2 Å². The fourth-order valence-electron chi connectivity index (χ4n) is 4.59. The number of ether oxygens (including phenoxy) is 1. The predicted octanol–water partition coefficient (Wildman–Crippen LogP) is 4.80. The zero-order chi connectivity index (χ0) is 22.4. The van der Waals surface area contributed by atoms with E-state index in [1.165, 1.54) is 0 Å². The highest BCUT2D eigenvalue weighted by Gasteiger charge is 2.55. The predicted molar refractivity (Wildman–Crippen MR) is 118 cm³/mol. The van der Waals surface area contributed by atoms with E-state index in [2.05, 4.69) is 27.4 Å². The monoisotopic (exact) mass is 440 g/mol. The molecule has 0 spiro atoms. The zero-order valence-corrected chi connectivity index (χ0v) is 19.0. The lowest BCUT2D eigenvalue weighted by atomic mass is 9.75. The maximum absolute atomic E-state index is 12.7. The normalized spacial score (nSPS) is 23.5. The third kappa shape index (κ3) is 4.13. The highest BCUT2D eigenvalue weighted by atomic mass is 32.2. The molecule has 2 aromatic rings. The Kier molecular flexibility index (Phi) is 5.24. The summed E-state index contributed by atoms with van der Waals surface area (Å²) in [7, 11) is -3.93. The Hall–Kier alpha value is -2.60. The maximum Gasteiger partial charge on any atom is 0.339 e. The molecular formula is C25H28O5S. The molecule has 0 bridgehead atoms. The summed E-state index contributed by atoms with van der Waals surface area (Å²) >= 11 is 0. The van der Waals surface area contributed by atoms with Crippen LogP contribution in [-0.4, -0.2) is 21.0 Å². The van der Waals surface area contributed by atoms with Gasteiger partial charge in [0.15, 0.2) is 0 Å². The van der Waals surface area contributed by atoms with Crippen molar-refractivity contribution in [2.75, 3.05) is 6.61 Å². The number of allylic oxidation sites excluding steroid dienone is 1. The summed E-state index contributed by atoms with van der Waals surface area (Å²) in [6, 6.07) is 13.7. The molecule has 2 aliphatic rings. The number of fused-ring (bicyclic) bond motifs is 1. The summed E-state index contributed by atoms with van der Waals surface area (Å²) < 4.78 is 36.0. The van der Waals surface area contributed by atoms with E-state index in [9.17, 15) is 13.2 Å². The fraction of sp³-hybridized carbons (Fsp3) is 0.400. The molecule has 6 heteroatoms. The third-order valence-corrected chi connectivity index (χ3v) is 7.62. The first-order valence-corrected chi connectivity index (χ1v) is 11.9. The van der Waals surface area contributed by atoms with Gasteiger partial charge in [0, 0.05) is 5.92 Å². The van der Waals surface area contributed by atoms with Gasteiger partial charge in [0.25, 0.3) is 0 Å². The lowest BCUT2D eigenvalue weighted by Crippen LogP contribution is -2.31. The SMILES string of the molecule is C=C1CC2COC(=O)C2(Cc2ccc(OS(=O)(=O)c3ccc(C(C)(C)C)cc3)cc2)C1. The minimum Gasteiger partial charge on any atom is -0.465 e. The van der Waals surface area contributed by atoms with Crippen molar-refractivity contribution in [3.05, 3.63) is 71.8 Å². The molecule has 0 aromatic heterocycles. The van der Waals surface area contributed by atoms with Gasteiger partial charge < -0.3 is 8.92 Å². The smallest absolute Gasteiger partial charge is 0.339 e. The van der Waals surface area contributed by atoms with Crippen molar-refractivity contribution in [1.29, 1.82) is 0 Å². The topological polar surface area (TPSA) is 69.7 Å². The average molecular weight is 441 g/mol. The summed E-state index contributed by atoms with van der Waals surface area (Å²) in [5, 5.41) is 0. The molecule has 0 N–H and O–H groups in total. The summed E-state index contributed by atoms with van der Waals surface area (Å²) in [6.45, 7) is 10.7. The largest absolute Gasteiger partial charge is 0.465 e. The molecule has 1 aliphatic heterocycles. The Labute approximate surface area is 184 Å². The molecular weight excluding hydrogens is 412 g/mol. The summed E-state index contributed by atoms with van der Waals surface area (Å²) in [4.78, 5) is 12.6. The standard InChI is InChI=1S/C25H28O5S/c1-17-13-20-16-29-23(26)25(20,14-17)15-18-5-9-21(10-6-18)30-31(27,28)22-11-7-19(8-12-22)24(2,3)4/h5-12,20H,1,13-16H2,2-4H3. The van der Waals surface area contributed by atoms with Gasteiger partial charge in [-0.15, -0.1) is 0 Å². The molecule has 1 aliphatic carbocycles. The molecule has 164 valence electrons. The third-order valence-electron chi connectivity index (χ3n) is 6.36. The number of carbonyl (C=O) groups is 1. The van der Waals surface area contributed by atoms with Crippen LogP contribution in [0.25, 0.3) is 0 Å². The van der Waals surface area contributed by atoms with Crippen LogP contribution in [0.1, 0.15) is 44.7 Å². The lowest BCUT2D eigenvalue weighted by Gasteiger charge is -2.24. The molecule has 2 atom stereocenters. The summed E-state index contributed by atoms with van der Waals surface area (Å²) in [6.07, 6.45) is 2.02. The van der Waals surface area contributed by atoms with E-state index in [0.717, 1.165) is 23.1 Å². The number of esters is 1. The molecule has 2 unspecified atom stereocenters. The molecule has 0 amide bonds. The van der Waals surface area contributed by atoms with E-state index < -0.39 is 15.5 Å².